The van der Waals surface area contributed by atoms with Crippen molar-refractivity contribution in [3.8, 4) is 0 Å². The predicted octanol–water partition coefficient (Wildman–Crippen LogP) is 3.24. The Hall–Kier alpha value is -0.920. The standard InChI is InChI=1S/C12H20N2/c1-12(2,3)8-5-4-7-11-13-9-6-10-14-11/h6,9-10H,4-5,7-8H2,1-3H3. The summed E-state index contributed by atoms with van der Waals surface area (Å²) in [4.78, 5) is 8.40. The van der Waals surface area contributed by atoms with Crippen LogP contribution in [0.3, 0.4) is 0 Å². The highest BCUT2D eigenvalue weighted by Gasteiger charge is 2.08. The molecule has 0 aromatic carbocycles. The van der Waals surface area contributed by atoms with Gasteiger partial charge in [0, 0.05) is 18.8 Å². The second kappa shape index (κ2) is 5.08. The van der Waals surface area contributed by atoms with E-state index in [0.717, 1.165) is 12.2 Å². The minimum absolute atomic E-state index is 0.456. The van der Waals surface area contributed by atoms with E-state index < -0.39 is 0 Å². The first kappa shape index (κ1) is 11.2. The Morgan fingerprint density at radius 3 is 2.29 bits per heavy atom. The van der Waals surface area contributed by atoms with Gasteiger partial charge in [0.2, 0.25) is 0 Å². The molecule has 0 N–H and O–H groups in total. The molecule has 0 aliphatic heterocycles. The molecule has 0 atom stereocenters. The summed E-state index contributed by atoms with van der Waals surface area (Å²) < 4.78 is 0. The summed E-state index contributed by atoms with van der Waals surface area (Å²) in [5.41, 5.74) is 0.456. The van der Waals surface area contributed by atoms with E-state index in [-0.39, 0.29) is 0 Å². The van der Waals surface area contributed by atoms with Crippen LogP contribution in [-0.2, 0) is 6.42 Å². The van der Waals surface area contributed by atoms with E-state index in [2.05, 4.69) is 30.7 Å². The molecule has 0 aliphatic carbocycles. The Balaban J connectivity index is 2.17. The SMILES string of the molecule is CC(C)(C)CCCCc1ncccn1. The van der Waals surface area contributed by atoms with Crippen LogP contribution in [-0.4, -0.2) is 9.97 Å². The molecule has 1 rings (SSSR count). The van der Waals surface area contributed by atoms with Crippen molar-refractivity contribution in [3.05, 3.63) is 24.3 Å². The Labute approximate surface area is 86.8 Å². The number of aryl methyl sites for hydroxylation is 1. The van der Waals surface area contributed by atoms with Crippen molar-refractivity contribution in [1.82, 2.24) is 9.97 Å². The van der Waals surface area contributed by atoms with Gasteiger partial charge in [-0.25, -0.2) is 9.97 Å². The topological polar surface area (TPSA) is 25.8 Å². The van der Waals surface area contributed by atoms with Gasteiger partial charge in [-0.2, -0.15) is 0 Å². The van der Waals surface area contributed by atoms with Crippen LogP contribution < -0.4 is 0 Å². The first-order valence-electron chi connectivity index (χ1n) is 5.34. The molecule has 0 aliphatic rings. The molecule has 1 aromatic rings. The van der Waals surface area contributed by atoms with Crippen LogP contribution in [0.25, 0.3) is 0 Å². The molecule has 2 heteroatoms. The van der Waals surface area contributed by atoms with Crippen LogP contribution in [0.2, 0.25) is 0 Å². The molecule has 78 valence electrons. The van der Waals surface area contributed by atoms with E-state index in [1.807, 2.05) is 18.5 Å². The third kappa shape index (κ3) is 4.95. The van der Waals surface area contributed by atoms with Gasteiger partial charge in [-0.3, -0.25) is 0 Å². The highest BCUT2D eigenvalue weighted by atomic mass is 14.8. The van der Waals surface area contributed by atoms with Crippen molar-refractivity contribution in [3.63, 3.8) is 0 Å². The van der Waals surface area contributed by atoms with Crippen molar-refractivity contribution in [1.29, 1.82) is 0 Å². The third-order valence-electron chi connectivity index (χ3n) is 2.20. The first-order valence-corrected chi connectivity index (χ1v) is 5.34. The maximum absolute atomic E-state index is 4.20. The Morgan fingerprint density at radius 1 is 1.07 bits per heavy atom. The fraction of sp³-hybridized carbons (Fsp3) is 0.667. The minimum atomic E-state index is 0.456. The highest BCUT2D eigenvalue weighted by Crippen LogP contribution is 2.21. The lowest BCUT2D eigenvalue weighted by Crippen LogP contribution is -2.04. The molecule has 1 heterocycles. The zero-order chi connectivity index (χ0) is 10.4. The largest absolute Gasteiger partial charge is 0.241 e. The quantitative estimate of drug-likeness (QED) is 0.684. The van der Waals surface area contributed by atoms with Crippen LogP contribution in [0.5, 0.6) is 0 Å². The van der Waals surface area contributed by atoms with Gasteiger partial charge in [0.25, 0.3) is 0 Å². The number of rotatable bonds is 4. The van der Waals surface area contributed by atoms with E-state index in [0.29, 0.717) is 5.41 Å². The number of nitrogens with zero attached hydrogens (tertiary/aromatic N) is 2. The second-order valence-electron chi connectivity index (χ2n) is 4.93. The van der Waals surface area contributed by atoms with Crippen LogP contribution >= 0.6 is 0 Å². The summed E-state index contributed by atoms with van der Waals surface area (Å²) in [7, 11) is 0. The third-order valence-corrected chi connectivity index (χ3v) is 2.20. The lowest BCUT2D eigenvalue weighted by molar-refractivity contribution is 0.360. The molecule has 0 radical (unpaired) electrons. The van der Waals surface area contributed by atoms with Gasteiger partial charge in [-0.1, -0.05) is 27.2 Å². The number of hydrogen-bond donors (Lipinski definition) is 0. The Kier molecular flexibility index (Phi) is 4.05. The van der Waals surface area contributed by atoms with Gasteiger partial charge in [-0.05, 0) is 24.3 Å². The molecule has 1 aromatic heterocycles. The van der Waals surface area contributed by atoms with Crippen molar-refractivity contribution in [2.75, 3.05) is 0 Å². The van der Waals surface area contributed by atoms with E-state index in [1.165, 1.54) is 19.3 Å². The molecule has 0 saturated heterocycles. The fourth-order valence-electron chi connectivity index (χ4n) is 1.40. The minimum Gasteiger partial charge on any atom is -0.241 e. The molecule has 0 amide bonds. The molecule has 0 fully saturated rings. The summed E-state index contributed by atoms with van der Waals surface area (Å²) >= 11 is 0. The van der Waals surface area contributed by atoms with Gasteiger partial charge in [0.15, 0.2) is 0 Å². The highest BCUT2D eigenvalue weighted by molar-refractivity contribution is 4.88. The van der Waals surface area contributed by atoms with E-state index >= 15 is 0 Å². The van der Waals surface area contributed by atoms with Gasteiger partial charge in [0.05, 0.1) is 0 Å². The maximum Gasteiger partial charge on any atom is 0.128 e. The maximum atomic E-state index is 4.20. The first-order chi connectivity index (χ1) is 6.58. The molecule has 0 bridgehead atoms. The molecular weight excluding hydrogens is 172 g/mol. The van der Waals surface area contributed by atoms with Crippen molar-refractivity contribution in [2.45, 2.75) is 46.5 Å². The predicted molar refractivity (Wildman–Crippen MR) is 59.0 cm³/mol. The summed E-state index contributed by atoms with van der Waals surface area (Å²) in [6.07, 6.45) is 8.37. The van der Waals surface area contributed by atoms with Crippen molar-refractivity contribution in [2.24, 2.45) is 5.41 Å². The fourth-order valence-corrected chi connectivity index (χ4v) is 1.40. The van der Waals surface area contributed by atoms with E-state index in [1.54, 1.807) is 0 Å². The van der Waals surface area contributed by atoms with Gasteiger partial charge in [-0.15, -0.1) is 0 Å². The van der Waals surface area contributed by atoms with Crippen LogP contribution in [0.4, 0.5) is 0 Å². The average Bonchev–Trinajstić information content (AvgIpc) is 2.13. The monoisotopic (exact) mass is 192 g/mol. The van der Waals surface area contributed by atoms with Crippen LogP contribution in [0.1, 0.15) is 45.9 Å². The second-order valence-corrected chi connectivity index (χ2v) is 4.93. The van der Waals surface area contributed by atoms with Crippen LogP contribution in [0, 0.1) is 5.41 Å². The van der Waals surface area contributed by atoms with Crippen molar-refractivity contribution < 1.29 is 0 Å². The zero-order valence-electron chi connectivity index (χ0n) is 9.45. The Morgan fingerprint density at radius 2 is 1.71 bits per heavy atom. The lowest BCUT2D eigenvalue weighted by atomic mass is 9.89. The summed E-state index contributed by atoms with van der Waals surface area (Å²) in [6.45, 7) is 6.85. The lowest BCUT2D eigenvalue weighted by Gasteiger charge is -2.17. The van der Waals surface area contributed by atoms with Gasteiger partial charge >= 0.3 is 0 Å². The van der Waals surface area contributed by atoms with Crippen molar-refractivity contribution >= 4 is 0 Å². The van der Waals surface area contributed by atoms with Gasteiger partial charge < -0.3 is 0 Å². The molecule has 0 saturated carbocycles. The zero-order valence-corrected chi connectivity index (χ0v) is 9.45. The smallest absolute Gasteiger partial charge is 0.128 e. The normalized spacial score (nSPS) is 11.6. The number of aromatic nitrogens is 2. The van der Waals surface area contributed by atoms with E-state index in [4.69, 9.17) is 0 Å². The number of unbranched alkanes of at least 4 members (excludes halogenated alkanes) is 1. The van der Waals surface area contributed by atoms with Gasteiger partial charge in [0.1, 0.15) is 5.82 Å². The number of hydrogen-bond acceptors (Lipinski definition) is 2. The molecule has 0 unspecified atom stereocenters. The van der Waals surface area contributed by atoms with Crippen LogP contribution in [0.15, 0.2) is 18.5 Å². The summed E-state index contributed by atoms with van der Waals surface area (Å²) in [5.74, 6) is 0.974. The molecular formula is C12H20N2. The van der Waals surface area contributed by atoms with E-state index in [9.17, 15) is 0 Å². The Bertz CT molecular complexity index is 249. The summed E-state index contributed by atoms with van der Waals surface area (Å²) in [6, 6.07) is 1.86. The average molecular weight is 192 g/mol. The molecule has 0 spiro atoms. The molecule has 2 nitrogen and oxygen atoms in total. The molecule has 14 heavy (non-hydrogen) atoms. The summed E-state index contributed by atoms with van der Waals surface area (Å²) in [5, 5.41) is 0.